The lowest BCUT2D eigenvalue weighted by Crippen LogP contribution is -2.38. The van der Waals surface area contributed by atoms with Crippen LogP contribution in [0.5, 0.6) is 0 Å². The van der Waals surface area contributed by atoms with Crippen LogP contribution >= 0.6 is 23.1 Å². The molecule has 2 aromatic rings. The second-order valence-corrected chi connectivity index (χ2v) is 9.45. The highest BCUT2D eigenvalue weighted by molar-refractivity contribution is 7.99. The zero-order valence-electron chi connectivity index (χ0n) is 13.3. The van der Waals surface area contributed by atoms with Crippen LogP contribution in [0.1, 0.15) is 6.42 Å². The van der Waals surface area contributed by atoms with Crippen molar-refractivity contribution in [1.29, 1.82) is 0 Å². The summed E-state index contributed by atoms with van der Waals surface area (Å²) in [6, 6.07) is 13.3. The Morgan fingerprint density at radius 1 is 1.21 bits per heavy atom. The Bertz CT molecular complexity index is 731. The lowest BCUT2D eigenvalue weighted by atomic mass is 10.4. The second-order valence-electron chi connectivity index (χ2n) is 5.06. The first-order valence-corrected chi connectivity index (χ1v) is 10.7. The van der Waals surface area contributed by atoms with Crippen molar-refractivity contribution < 1.29 is 13.2 Å². The van der Waals surface area contributed by atoms with E-state index in [2.05, 4.69) is 5.32 Å². The van der Waals surface area contributed by atoms with E-state index in [1.54, 1.807) is 23.2 Å². The van der Waals surface area contributed by atoms with Crippen molar-refractivity contribution in [2.24, 2.45) is 0 Å². The Morgan fingerprint density at radius 3 is 2.62 bits per heavy atom. The third kappa shape index (κ3) is 5.62. The van der Waals surface area contributed by atoms with Crippen LogP contribution in [-0.2, 0) is 14.8 Å². The minimum atomic E-state index is -3.58. The van der Waals surface area contributed by atoms with Crippen LogP contribution in [0.25, 0.3) is 0 Å². The van der Waals surface area contributed by atoms with Gasteiger partial charge in [0.2, 0.25) is 5.91 Å². The van der Waals surface area contributed by atoms with Crippen LogP contribution < -0.4 is 5.32 Å². The molecule has 1 heterocycles. The Kier molecular flexibility index (Phi) is 7.29. The summed E-state index contributed by atoms with van der Waals surface area (Å²) in [5.74, 6) is 0.607. The monoisotopic (exact) mass is 384 g/mol. The first-order chi connectivity index (χ1) is 11.5. The van der Waals surface area contributed by atoms with E-state index in [0.717, 1.165) is 27.8 Å². The summed E-state index contributed by atoms with van der Waals surface area (Å²) in [6.07, 6.45) is 0.826. The summed E-state index contributed by atoms with van der Waals surface area (Å²) >= 11 is 2.88. The lowest BCUT2D eigenvalue weighted by molar-refractivity contribution is -0.121. The molecule has 0 aliphatic carbocycles. The van der Waals surface area contributed by atoms with E-state index >= 15 is 0 Å². The maximum absolute atomic E-state index is 12.2. The molecular weight excluding hydrogens is 364 g/mol. The fourth-order valence-corrected chi connectivity index (χ4v) is 5.12. The summed E-state index contributed by atoms with van der Waals surface area (Å²) in [5, 5.41) is 4.46. The zero-order valence-corrected chi connectivity index (χ0v) is 15.8. The number of amides is 1. The van der Waals surface area contributed by atoms with Gasteiger partial charge in [-0.2, -0.15) is 4.31 Å². The smallest absolute Gasteiger partial charge is 0.252 e. The highest BCUT2D eigenvalue weighted by atomic mass is 32.2. The number of hydrogen-bond acceptors (Lipinski definition) is 5. The molecular formula is C16H20N2O3S3. The second kappa shape index (κ2) is 9.22. The Balaban J connectivity index is 1.68. The molecule has 0 aliphatic heterocycles. The van der Waals surface area contributed by atoms with Crippen molar-refractivity contribution in [2.75, 3.05) is 25.9 Å². The number of likely N-dealkylation sites (N-methyl/N-ethyl adjacent to an activating group) is 1. The summed E-state index contributed by atoms with van der Waals surface area (Å²) in [4.78, 5) is 13.1. The van der Waals surface area contributed by atoms with Gasteiger partial charge in [-0.1, -0.05) is 24.3 Å². The van der Waals surface area contributed by atoms with Crippen molar-refractivity contribution in [3.8, 4) is 0 Å². The fraction of sp³-hybridized carbons (Fsp3) is 0.312. The summed E-state index contributed by atoms with van der Waals surface area (Å²) < 4.78 is 25.8. The van der Waals surface area contributed by atoms with Crippen molar-refractivity contribution in [2.45, 2.75) is 15.5 Å². The number of hydrogen-bond donors (Lipinski definition) is 1. The average Bonchev–Trinajstić information content (AvgIpc) is 3.10. The van der Waals surface area contributed by atoms with E-state index in [0.29, 0.717) is 6.54 Å². The van der Waals surface area contributed by atoms with Gasteiger partial charge in [0.15, 0.2) is 0 Å². The van der Waals surface area contributed by atoms with E-state index in [9.17, 15) is 13.2 Å². The number of carbonyl (C=O) groups excluding carboxylic acids is 1. The molecule has 0 saturated carbocycles. The first-order valence-electron chi connectivity index (χ1n) is 7.44. The molecule has 0 radical (unpaired) electrons. The summed E-state index contributed by atoms with van der Waals surface area (Å²) in [7, 11) is -2.16. The SMILES string of the molecule is CN(CC(=O)NCCCSc1ccccc1)S(=O)(=O)c1cccs1. The maximum atomic E-state index is 12.2. The van der Waals surface area contributed by atoms with Crippen LogP contribution in [0, 0.1) is 0 Å². The van der Waals surface area contributed by atoms with Gasteiger partial charge in [-0.25, -0.2) is 8.42 Å². The van der Waals surface area contributed by atoms with Gasteiger partial charge < -0.3 is 5.32 Å². The topological polar surface area (TPSA) is 66.5 Å². The van der Waals surface area contributed by atoms with Crippen molar-refractivity contribution in [3.05, 3.63) is 47.8 Å². The van der Waals surface area contributed by atoms with Gasteiger partial charge in [0.1, 0.15) is 4.21 Å². The van der Waals surface area contributed by atoms with Gasteiger partial charge in [-0.3, -0.25) is 4.79 Å². The number of thioether (sulfide) groups is 1. The Labute approximate surface area is 151 Å². The van der Waals surface area contributed by atoms with Crippen molar-refractivity contribution in [3.63, 3.8) is 0 Å². The van der Waals surface area contributed by atoms with E-state index in [-0.39, 0.29) is 16.7 Å². The van der Waals surface area contributed by atoms with Crippen LogP contribution in [0.15, 0.2) is 56.9 Å². The molecule has 24 heavy (non-hydrogen) atoms. The van der Waals surface area contributed by atoms with E-state index in [1.165, 1.54) is 18.0 Å². The predicted molar refractivity (Wildman–Crippen MR) is 98.9 cm³/mol. The molecule has 1 N–H and O–H groups in total. The number of nitrogens with zero attached hydrogens (tertiary/aromatic N) is 1. The van der Waals surface area contributed by atoms with Gasteiger partial charge in [0, 0.05) is 18.5 Å². The molecule has 0 spiro atoms. The molecule has 8 heteroatoms. The van der Waals surface area contributed by atoms with Gasteiger partial charge >= 0.3 is 0 Å². The molecule has 0 aliphatic rings. The third-order valence-electron chi connectivity index (χ3n) is 3.18. The minimum absolute atomic E-state index is 0.175. The van der Waals surface area contributed by atoms with E-state index in [4.69, 9.17) is 0 Å². The maximum Gasteiger partial charge on any atom is 0.252 e. The molecule has 1 aromatic carbocycles. The number of rotatable bonds is 9. The molecule has 0 fully saturated rings. The normalized spacial score (nSPS) is 11.6. The quantitative estimate of drug-likeness (QED) is 0.533. The van der Waals surface area contributed by atoms with Crippen LogP contribution in [0.3, 0.4) is 0 Å². The molecule has 0 bridgehead atoms. The number of carbonyl (C=O) groups is 1. The average molecular weight is 385 g/mol. The van der Waals surface area contributed by atoms with Gasteiger partial charge in [0.05, 0.1) is 6.54 Å². The third-order valence-corrected chi connectivity index (χ3v) is 7.46. The van der Waals surface area contributed by atoms with Gasteiger partial charge in [-0.15, -0.1) is 23.1 Å². The van der Waals surface area contributed by atoms with Crippen LogP contribution in [0.4, 0.5) is 0 Å². The standard InChI is InChI=1S/C16H20N2O3S3/c1-18(24(20,21)16-9-5-11-23-16)13-15(19)17-10-6-12-22-14-7-3-2-4-8-14/h2-5,7-9,11H,6,10,12-13H2,1H3,(H,17,19). The molecule has 130 valence electrons. The number of sulfonamides is 1. The highest BCUT2D eigenvalue weighted by Gasteiger charge is 2.23. The Morgan fingerprint density at radius 2 is 1.96 bits per heavy atom. The molecule has 0 unspecified atom stereocenters. The molecule has 1 amide bonds. The predicted octanol–water partition coefficient (Wildman–Crippen LogP) is 2.67. The van der Waals surface area contributed by atoms with Crippen molar-refractivity contribution in [1.82, 2.24) is 9.62 Å². The van der Waals surface area contributed by atoms with E-state index < -0.39 is 10.0 Å². The van der Waals surface area contributed by atoms with E-state index in [1.807, 2.05) is 30.3 Å². The van der Waals surface area contributed by atoms with Gasteiger partial charge in [0.25, 0.3) is 10.0 Å². The number of nitrogens with one attached hydrogen (secondary N) is 1. The van der Waals surface area contributed by atoms with Crippen LogP contribution in [-0.4, -0.2) is 44.5 Å². The molecule has 0 saturated heterocycles. The van der Waals surface area contributed by atoms with Gasteiger partial charge in [-0.05, 0) is 35.8 Å². The molecule has 2 rings (SSSR count). The largest absolute Gasteiger partial charge is 0.355 e. The number of benzene rings is 1. The molecule has 0 atom stereocenters. The lowest BCUT2D eigenvalue weighted by Gasteiger charge is -2.15. The number of thiophene rings is 1. The molecule has 1 aromatic heterocycles. The van der Waals surface area contributed by atoms with Crippen LogP contribution in [0.2, 0.25) is 0 Å². The molecule has 5 nitrogen and oxygen atoms in total. The zero-order chi connectivity index (χ0) is 17.4. The summed E-state index contributed by atoms with van der Waals surface area (Å²) in [5.41, 5.74) is 0. The van der Waals surface area contributed by atoms with Crippen molar-refractivity contribution >= 4 is 39.0 Å². The fourth-order valence-electron chi connectivity index (χ4n) is 1.91. The summed E-state index contributed by atoms with van der Waals surface area (Å²) in [6.45, 7) is 0.359. The minimum Gasteiger partial charge on any atom is -0.355 e. The Hall–Kier alpha value is -1.35. The highest BCUT2D eigenvalue weighted by Crippen LogP contribution is 2.19. The first kappa shape index (κ1) is 19.0.